The van der Waals surface area contributed by atoms with Gasteiger partial charge >= 0.3 is 6.03 Å². The van der Waals surface area contributed by atoms with E-state index in [-0.39, 0.29) is 18.0 Å². The Morgan fingerprint density at radius 1 is 1.07 bits per heavy atom. The molecule has 2 aliphatic rings. The van der Waals surface area contributed by atoms with Gasteiger partial charge in [0.2, 0.25) is 5.88 Å². The smallest absolute Gasteiger partial charge is 0.332 e. The molecule has 2 aromatic carbocycles. The summed E-state index contributed by atoms with van der Waals surface area (Å²) in [6.07, 6.45) is 0.736. The molecule has 0 spiro atoms. The Kier molecular flexibility index (Phi) is 5.88. The van der Waals surface area contributed by atoms with Gasteiger partial charge in [-0.25, -0.2) is 4.79 Å². The summed E-state index contributed by atoms with van der Waals surface area (Å²) in [5.74, 6) is 0.0820. The summed E-state index contributed by atoms with van der Waals surface area (Å²) in [5, 5.41) is 2.94. The number of urea groups is 1. The zero-order chi connectivity index (χ0) is 21.4. The van der Waals surface area contributed by atoms with E-state index in [0.717, 1.165) is 21.1 Å². The molecular formula is C22H21Br2N3O3. The van der Waals surface area contributed by atoms with Crippen LogP contribution in [0.3, 0.4) is 0 Å². The van der Waals surface area contributed by atoms with Crippen molar-refractivity contribution in [2.24, 2.45) is 0 Å². The molecule has 0 bridgehead atoms. The highest BCUT2D eigenvalue weighted by atomic mass is 79.9. The molecule has 6 nitrogen and oxygen atoms in total. The summed E-state index contributed by atoms with van der Waals surface area (Å²) in [5.41, 5.74) is 1.84. The van der Waals surface area contributed by atoms with Gasteiger partial charge in [0.1, 0.15) is 12.2 Å². The van der Waals surface area contributed by atoms with Gasteiger partial charge in [0.15, 0.2) is 0 Å². The van der Waals surface area contributed by atoms with Crippen LogP contribution in [0, 0.1) is 0 Å². The Morgan fingerprint density at radius 2 is 1.67 bits per heavy atom. The normalized spacial score (nSPS) is 20.9. The van der Waals surface area contributed by atoms with Gasteiger partial charge in [-0.3, -0.25) is 14.6 Å². The summed E-state index contributed by atoms with van der Waals surface area (Å²) in [6.45, 7) is 4.24. The van der Waals surface area contributed by atoms with Crippen LogP contribution in [-0.2, 0) is 9.53 Å². The molecule has 0 unspecified atom stereocenters. The van der Waals surface area contributed by atoms with E-state index in [1.807, 2.05) is 62.4 Å². The third kappa shape index (κ3) is 3.74. The molecule has 156 valence electrons. The first-order valence-electron chi connectivity index (χ1n) is 9.72. The van der Waals surface area contributed by atoms with Crippen LogP contribution in [0.25, 0.3) is 0 Å². The van der Waals surface area contributed by atoms with Crippen LogP contribution in [0.4, 0.5) is 16.2 Å². The van der Waals surface area contributed by atoms with Gasteiger partial charge in [-0.05, 0) is 61.9 Å². The lowest BCUT2D eigenvalue weighted by Crippen LogP contribution is -2.55. The second-order valence-corrected chi connectivity index (χ2v) is 9.06. The van der Waals surface area contributed by atoms with E-state index in [1.165, 1.54) is 0 Å². The highest BCUT2D eigenvalue weighted by Crippen LogP contribution is 2.37. The zero-order valence-electron chi connectivity index (χ0n) is 16.6. The van der Waals surface area contributed by atoms with Crippen molar-refractivity contribution in [1.29, 1.82) is 0 Å². The van der Waals surface area contributed by atoms with Crippen LogP contribution < -0.4 is 10.2 Å². The van der Waals surface area contributed by atoms with Gasteiger partial charge in [0.05, 0.1) is 12.1 Å². The summed E-state index contributed by atoms with van der Waals surface area (Å²) in [4.78, 5) is 30.0. The van der Waals surface area contributed by atoms with Crippen molar-refractivity contribution in [2.45, 2.75) is 32.4 Å². The number of rotatable bonds is 4. The number of hydrogen-bond donors (Lipinski definition) is 1. The molecule has 1 fully saturated rings. The van der Waals surface area contributed by atoms with E-state index in [0.29, 0.717) is 23.8 Å². The van der Waals surface area contributed by atoms with Crippen LogP contribution in [0.1, 0.15) is 20.3 Å². The predicted octanol–water partition coefficient (Wildman–Crippen LogP) is 5.50. The molecule has 3 amide bonds. The molecule has 2 aromatic rings. The lowest BCUT2D eigenvalue weighted by Gasteiger charge is -2.40. The van der Waals surface area contributed by atoms with Gasteiger partial charge in [-0.1, -0.05) is 38.8 Å². The number of nitrogens with one attached hydrogen (secondary N) is 1. The van der Waals surface area contributed by atoms with Gasteiger partial charge in [-0.2, -0.15) is 0 Å². The second-order valence-electron chi connectivity index (χ2n) is 7.23. The molecule has 2 atom stereocenters. The average molecular weight is 535 g/mol. The van der Waals surface area contributed by atoms with Crippen molar-refractivity contribution in [3.05, 3.63) is 68.9 Å². The van der Waals surface area contributed by atoms with Crippen molar-refractivity contribution < 1.29 is 14.3 Å². The maximum atomic E-state index is 13.4. The molecule has 1 N–H and O–H groups in total. The molecule has 4 rings (SSSR count). The Labute approximate surface area is 192 Å². The molecule has 0 aliphatic carbocycles. The minimum atomic E-state index is -0.490. The summed E-state index contributed by atoms with van der Waals surface area (Å²) in [7, 11) is 0. The highest BCUT2D eigenvalue weighted by molar-refractivity contribution is 9.10. The SMILES string of the molecule is CC[C@@H]1COC2=C(C(=O)Nc3ccc(Br)cc3)[C@@H](C)N(c3ccc(Br)cc3)C(=O)N21. The largest absolute Gasteiger partial charge is 0.476 e. The summed E-state index contributed by atoms with van der Waals surface area (Å²) >= 11 is 6.83. The third-order valence-corrected chi connectivity index (χ3v) is 6.42. The third-order valence-electron chi connectivity index (χ3n) is 5.37. The number of benzene rings is 2. The number of fused-ring (bicyclic) bond motifs is 1. The lowest BCUT2D eigenvalue weighted by molar-refractivity contribution is -0.113. The van der Waals surface area contributed by atoms with Crippen LogP contribution >= 0.6 is 31.9 Å². The van der Waals surface area contributed by atoms with Crippen LogP contribution in [0.2, 0.25) is 0 Å². The maximum absolute atomic E-state index is 13.4. The minimum Gasteiger partial charge on any atom is -0.476 e. The van der Waals surface area contributed by atoms with Gasteiger partial charge in [-0.15, -0.1) is 0 Å². The summed E-state index contributed by atoms with van der Waals surface area (Å²) < 4.78 is 7.72. The number of amides is 3. The molecule has 1 saturated heterocycles. The maximum Gasteiger partial charge on any atom is 0.332 e. The Morgan fingerprint density at radius 3 is 2.27 bits per heavy atom. The number of halogens is 2. The minimum absolute atomic E-state index is 0.103. The molecule has 2 heterocycles. The molecule has 30 heavy (non-hydrogen) atoms. The van der Waals surface area contributed by atoms with Crippen LogP contribution in [-0.4, -0.2) is 35.5 Å². The van der Waals surface area contributed by atoms with Crippen LogP contribution in [0.5, 0.6) is 0 Å². The van der Waals surface area contributed by atoms with Crippen LogP contribution in [0.15, 0.2) is 68.9 Å². The van der Waals surface area contributed by atoms with Gasteiger partial charge in [0, 0.05) is 20.3 Å². The first kappa shape index (κ1) is 20.9. The van der Waals surface area contributed by atoms with Gasteiger partial charge in [0.25, 0.3) is 5.91 Å². The van der Waals surface area contributed by atoms with E-state index >= 15 is 0 Å². The average Bonchev–Trinajstić information content (AvgIpc) is 3.15. The molecule has 0 saturated carbocycles. The van der Waals surface area contributed by atoms with Crippen molar-refractivity contribution in [3.8, 4) is 0 Å². The van der Waals surface area contributed by atoms with Gasteiger partial charge < -0.3 is 10.1 Å². The predicted molar refractivity (Wildman–Crippen MR) is 123 cm³/mol. The standard InChI is InChI=1S/C22H21Br2N3O3/c1-3-17-12-30-21-19(20(28)25-16-8-4-14(23)5-9-16)13(2)26(22(29)27(17)21)18-10-6-15(24)7-11-18/h4-11,13,17H,3,12H2,1-2H3,(H,25,28)/t13-,17-/m1/s1. The monoisotopic (exact) mass is 533 g/mol. The van der Waals surface area contributed by atoms with E-state index in [2.05, 4.69) is 37.2 Å². The fourth-order valence-electron chi connectivity index (χ4n) is 3.78. The lowest BCUT2D eigenvalue weighted by atomic mass is 10.0. The van der Waals surface area contributed by atoms with E-state index < -0.39 is 6.04 Å². The number of ether oxygens (including phenoxy) is 1. The van der Waals surface area contributed by atoms with Crippen molar-refractivity contribution in [2.75, 3.05) is 16.8 Å². The summed E-state index contributed by atoms with van der Waals surface area (Å²) in [6, 6.07) is 14.1. The molecule has 2 aliphatic heterocycles. The fraction of sp³-hybridized carbons (Fsp3) is 0.273. The van der Waals surface area contributed by atoms with Crippen molar-refractivity contribution in [1.82, 2.24) is 4.90 Å². The molecule has 0 aromatic heterocycles. The molecule has 0 radical (unpaired) electrons. The van der Waals surface area contributed by atoms with E-state index in [9.17, 15) is 9.59 Å². The Balaban J connectivity index is 1.75. The highest BCUT2D eigenvalue weighted by Gasteiger charge is 2.47. The Hall–Kier alpha value is -2.32. The molecular weight excluding hydrogens is 514 g/mol. The Bertz CT molecular complexity index is 1010. The van der Waals surface area contributed by atoms with E-state index in [1.54, 1.807) is 9.80 Å². The second kappa shape index (κ2) is 8.43. The first-order chi connectivity index (χ1) is 14.4. The fourth-order valence-corrected chi connectivity index (χ4v) is 4.31. The van der Waals surface area contributed by atoms with Crippen molar-refractivity contribution in [3.63, 3.8) is 0 Å². The van der Waals surface area contributed by atoms with E-state index in [4.69, 9.17) is 4.74 Å². The number of anilines is 2. The number of nitrogens with zero attached hydrogens (tertiary/aromatic N) is 2. The number of hydrogen-bond acceptors (Lipinski definition) is 3. The first-order valence-corrected chi connectivity index (χ1v) is 11.3. The van der Waals surface area contributed by atoms with Crippen molar-refractivity contribution >= 4 is 55.2 Å². The number of carbonyl (C=O) groups is 2. The molecule has 8 heteroatoms. The zero-order valence-corrected chi connectivity index (χ0v) is 19.7. The topological polar surface area (TPSA) is 61.9 Å². The number of carbonyl (C=O) groups excluding carboxylic acids is 2. The quantitative estimate of drug-likeness (QED) is 0.563.